The maximum Gasteiger partial charge on any atom is 0.103 e. The number of rotatable bonds is 5. The Hall–Kier alpha value is -0.510. The first-order valence-electron chi connectivity index (χ1n) is 6.02. The van der Waals surface area contributed by atoms with Gasteiger partial charge in [0.25, 0.3) is 0 Å². The molecule has 0 saturated carbocycles. The third-order valence-electron chi connectivity index (χ3n) is 2.87. The van der Waals surface area contributed by atoms with E-state index in [-0.39, 0.29) is 0 Å². The number of halogens is 1. The summed E-state index contributed by atoms with van der Waals surface area (Å²) in [5.74, 6) is 1.45. The lowest BCUT2D eigenvalue weighted by atomic mass is 10.1. The molecule has 1 heterocycles. The molecular formula is C14H16ClNS2. The first-order chi connectivity index (χ1) is 8.70. The maximum atomic E-state index is 6.13. The van der Waals surface area contributed by atoms with Crippen molar-refractivity contribution in [2.24, 2.45) is 0 Å². The lowest BCUT2D eigenvalue weighted by Gasteiger charge is -2.03. The molecule has 1 unspecified atom stereocenters. The second-order valence-corrected chi connectivity index (χ2v) is 6.56. The zero-order chi connectivity index (χ0) is 13.0. The molecule has 1 atom stereocenters. The van der Waals surface area contributed by atoms with Gasteiger partial charge in [-0.05, 0) is 24.5 Å². The van der Waals surface area contributed by atoms with Crippen molar-refractivity contribution in [3.63, 3.8) is 0 Å². The van der Waals surface area contributed by atoms with Crippen LogP contribution in [-0.4, -0.2) is 4.98 Å². The molecule has 0 aliphatic rings. The Morgan fingerprint density at radius 2 is 2.17 bits per heavy atom. The van der Waals surface area contributed by atoms with Gasteiger partial charge in [-0.3, -0.25) is 0 Å². The number of hydrogen-bond donors (Lipinski definition) is 0. The van der Waals surface area contributed by atoms with Crippen molar-refractivity contribution in [3.05, 3.63) is 45.4 Å². The zero-order valence-corrected chi connectivity index (χ0v) is 12.9. The van der Waals surface area contributed by atoms with E-state index in [1.54, 1.807) is 23.1 Å². The van der Waals surface area contributed by atoms with E-state index in [4.69, 9.17) is 11.6 Å². The molecule has 0 aliphatic carbocycles. The molecule has 0 N–H and O–H groups in total. The van der Waals surface area contributed by atoms with Crippen molar-refractivity contribution < 1.29 is 0 Å². The number of thioether (sulfide) groups is 1. The summed E-state index contributed by atoms with van der Waals surface area (Å²) in [5.41, 5.74) is 1.22. The van der Waals surface area contributed by atoms with Gasteiger partial charge in [-0.2, -0.15) is 0 Å². The molecule has 0 aliphatic heterocycles. The summed E-state index contributed by atoms with van der Waals surface area (Å²) in [5, 5.41) is 4.17. The number of thiazole rings is 1. The lowest BCUT2D eigenvalue weighted by molar-refractivity contribution is 0.711. The van der Waals surface area contributed by atoms with Crippen LogP contribution in [0.1, 0.15) is 36.9 Å². The SMILES string of the molecule is CCC(C)c1csc(CSc2ccccc2Cl)n1. The van der Waals surface area contributed by atoms with Gasteiger partial charge in [0.15, 0.2) is 0 Å². The fraction of sp³-hybridized carbons (Fsp3) is 0.357. The number of benzene rings is 1. The monoisotopic (exact) mass is 297 g/mol. The van der Waals surface area contributed by atoms with Crippen LogP contribution in [0.2, 0.25) is 5.02 Å². The molecule has 2 rings (SSSR count). The minimum absolute atomic E-state index is 0.556. The molecule has 0 radical (unpaired) electrons. The van der Waals surface area contributed by atoms with Crippen molar-refractivity contribution in [2.75, 3.05) is 0 Å². The van der Waals surface area contributed by atoms with Gasteiger partial charge >= 0.3 is 0 Å². The zero-order valence-electron chi connectivity index (χ0n) is 10.5. The predicted octanol–water partition coefficient (Wildman–Crippen LogP) is 5.60. The van der Waals surface area contributed by atoms with Gasteiger partial charge < -0.3 is 0 Å². The van der Waals surface area contributed by atoms with Crippen LogP contribution < -0.4 is 0 Å². The summed E-state index contributed by atoms with van der Waals surface area (Å²) >= 11 is 9.62. The molecule has 18 heavy (non-hydrogen) atoms. The molecule has 0 amide bonds. The van der Waals surface area contributed by atoms with Crippen molar-refractivity contribution in [1.82, 2.24) is 4.98 Å². The normalized spacial score (nSPS) is 12.6. The number of aromatic nitrogens is 1. The third kappa shape index (κ3) is 3.50. The second kappa shape index (κ2) is 6.60. The largest absolute Gasteiger partial charge is 0.245 e. The molecular weight excluding hydrogens is 282 g/mol. The first-order valence-corrected chi connectivity index (χ1v) is 8.26. The Labute approximate surface area is 122 Å². The van der Waals surface area contributed by atoms with Crippen LogP contribution in [0.25, 0.3) is 0 Å². The highest BCUT2D eigenvalue weighted by Gasteiger charge is 2.09. The lowest BCUT2D eigenvalue weighted by Crippen LogP contribution is -1.91. The fourth-order valence-corrected chi connectivity index (χ4v) is 3.70. The Bertz CT molecular complexity index is 510. The van der Waals surface area contributed by atoms with E-state index in [1.807, 2.05) is 18.2 Å². The van der Waals surface area contributed by atoms with Crippen molar-refractivity contribution >= 4 is 34.7 Å². The van der Waals surface area contributed by atoms with Crippen LogP contribution in [0.15, 0.2) is 34.5 Å². The van der Waals surface area contributed by atoms with E-state index in [2.05, 4.69) is 30.3 Å². The topological polar surface area (TPSA) is 12.9 Å². The van der Waals surface area contributed by atoms with E-state index in [0.717, 1.165) is 22.1 Å². The van der Waals surface area contributed by atoms with Crippen LogP contribution in [0.3, 0.4) is 0 Å². The van der Waals surface area contributed by atoms with Crippen LogP contribution in [0, 0.1) is 0 Å². The van der Waals surface area contributed by atoms with Crippen LogP contribution >= 0.6 is 34.7 Å². The first kappa shape index (κ1) is 13.9. The summed E-state index contributed by atoms with van der Waals surface area (Å²) in [4.78, 5) is 5.80. The molecule has 1 aromatic carbocycles. The van der Waals surface area contributed by atoms with Gasteiger partial charge in [-0.25, -0.2) is 4.98 Å². The summed E-state index contributed by atoms with van der Waals surface area (Å²) in [6.45, 7) is 4.42. The maximum absolute atomic E-state index is 6.13. The van der Waals surface area contributed by atoms with E-state index in [9.17, 15) is 0 Å². The van der Waals surface area contributed by atoms with Gasteiger partial charge in [0, 0.05) is 10.3 Å². The minimum Gasteiger partial charge on any atom is -0.245 e. The Kier molecular flexibility index (Phi) is 5.10. The van der Waals surface area contributed by atoms with E-state index >= 15 is 0 Å². The summed E-state index contributed by atoms with van der Waals surface area (Å²) in [7, 11) is 0. The molecule has 0 bridgehead atoms. The summed E-state index contributed by atoms with van der Waals surface area (Å²) in [6.07, 6.45) is 1.14. The highest BCUT2D eigenvalue weighted by Crippen LogP contribution is 2.31. The van der Waals surface area contributed by atoms with Crippen molar-refractivity contribution in [2.45, 2.75) is 36.8 Å². The highest BCUT2D eigenvalue weighted by molar-refractivity contribution is 7.98. The Balaban J connectivity index is 1.98. The minimum atomic E-state index is 0.556. The Morgan fingerprint density at radius 3 is 2.89 bits per heavy atom. The average Bonchev–Trinajstić information content (AvgIpc) is 2.86. The smallest absolute Gasteiger partial charge is 0.103 e. The molecule has 1 nitrogen and oxygen atoms in total. The second-order valence-electron chi connectivity index (χ2n) is 4.19. The van der Waals surface area contributed by atoms with Crippen LogP contribution in [-0.2, 0) is 5.75 Å². The number of nitrogens with zero attached hydrogens (tertiary/aromatic N) is 1. The molecule has 0 fully saturated rings. The molecule has 0 saturated heterocycles. The third-order valence-corrected chi connectivity index (χ3v) is 5.45. The standard InChI is InChI=1S/C14H16ClNS2/c1-3-10(2)12-8-18-14(16-12)9-17-13-7-5-4-6-11(13)15/h4-8,10H,3,9H2,1-2H3. The molecule has 2 aromatic rings. The quantitative estimate of drug-likeness (QED) is 0.666. The van der Waals surface area contributed by atoms with Crippen LogP contribution in [0.4, 0.5) is 0 Å². The summed E-state index contributed by atoms with van der Waals surface area (Å²) in [6, 6.07) is 7.95. The van der Waals surface area contributed by atoms with Gasteiger partial charge in [-0.15, -0.1) is 23.1 Å². The Morgan fingerprint density at radius 1 is 1.39 bits per heavy atom. The van der Waals surface area contributed by atoms with Gasteiger partial charge in [0.2, 0.25) is 0 Å². The van der Waals surface area contributed by atoms with E-state index in [0.29, 0.717) is 5.92 Å². The van der Waals surface area contributed by atoms with E-state index in [1.165, 1.54) is 10.7 Å². The predicted molar refractivity (Wildman–Crippen MR) is 81.8 cm³/mol. The fourth-order valence-electron chi connectivity index (χ4n) is 1.53. The summed E-state index contributed by atoms with van der Waals surface area (Å²) < 4.78 is 0. The van der Waals surface area contributed by atoms with Crippen LogP contribution in [0.5, 0.6) is 0 Å². The number of hydrogen-bond acceptors (Lipinski definition) is 3. The average molecular weight is 298 g/mol. The van der Waals surface area contributed by atoms with Crippen molar-refractivity contribution in [1.29, 1.82) is 0 Å². The molecule has 96 valence electrons. The van der Waals surface area contributed by atoms with E-state index < -0.39 is 0 Å². The van der Waals surface area contributed by atoms with Crippen molar-refractivity contribution in [3.8, 4) is 0 Å². The van der Waals surface area contributed by atoms with Gasteiger partial charge in [0.1, 0.15) is 5.01 Å². The molecule has 1 aromatic heterocycles. The highest BCUT2D eigenvalue weighted by atomic mass is 35.5. The van der Waals surface area contributed by atoms with Gasteiger partial charge in [-0.1, -0.05) is 37.6 Å². The van der Waals surface area contributed by atoms with Gasteiger partial charge in [0.05, 0.1) is 16.5 Å². The molecule has 0 spiro atoms. The molecule has 4 heteroatoms.